The van der Waals surface area contributed by atoms with Crippen molar-refractivity contribution in [2.24, 2.45) is 11.7 Å². The lowest BCUT2D eigenvalue weighted by Gasteiger charge is -2.34. The average molecular weight is 738 g/mol. The van der Waals surface area contributed by atoms with Gasteiger partial charge in [0.2, 0.25) is 17.6 Å². The van der Waals surface area contributed by atoms with Crippen LogP contribution in [0.4, 0.5) is 0 Å². The van der Waals surface area contributed by atoms with E-state index in [-0.39, 0.29) is 25.3 Å². The molecule has 16 heteroatoms. The quantitative estimate of drug-likeness (QED) is 0.175. The summed E-state index contributed by atoms with van der Waals surface area (Å²) in [6, 6.07) is 10.1. The molecule has 4 aliphatic rings. The Bertz CT molecular complexity index is 1900. The summed E-state index contributed by atoms with van der Waals surface area (Å²) in [5, 5.41) is 19.9. The summed E-state index contributed by atoms with van der Waals surface area (Å²) in [6.45, 7) is 3.15. The zero-order chi connectivity index (χ0) is 37.4. The Labute approximate surface area is 302 Å². The number of aliphatic hydroxyl groups is 1. The molecule has 0 radical (unpaired) electrons. The van der Waals surface area contributed by atoms with Gasteiger partial charge in [0.25, 0.3) is 11.8 Å². The summed E-state index contributed by atoms with van der Waals surface area (Å²) in [6.07, 6.45) is 6.43. The molecule has 1 saturated carbocycles. The molecule has 3 fully saturated rings. The summed E-state index contributed by atoms with van der Waals surface area (Å²) >= 11 is 0. The molecule has 15 nitrogen and oxygen atoms in total. The number of amides is 4. The van der Waals surface area contributed by atoms with Crippen LogP contribution in [0.5, 0.6) is 0 Å². The van der Waals surface area contributed by atoms with Crippen LogP contribution in [-0.2, 0) is 29.0 Å². The lowest BCUT2D eigenvalue weighted by molar-refractivity contribution is -0.144. The number of benzene rings is 2. The highest BCUT2D eigenvalue weighted by Gasteiger charge is 2.54. The number of fused-ring (bicyclic) bond motifs is 1. The number of hydrogen-bond donors (Lipinski definition) is 6. The summed E-state index contributed by atoms with van der Waals surface area (Å²) in [5.74, 6) is -5.49. The Morgan fingerprint density at radius 2 is 1.77 bits per heavy atom. The Morgan fingerprint density at radius 3 is 2.42 bits per heavy atom. The maximum atomic E-state index is 14.8. The van der Waals surface area contributed by atoms with E-state index in [0.717, 1.165) is 42.9 Å². The molecular formula is C36H47N7O8S. The predicted molar refractivity (Wildman–Crippen MR) is 191 cm³/mol. The van der Waals surface area contributed by atoms with Gasteiger partial charge in [-0.3, -0.25) is 29.0 Å². The van der Waals surface area contributed by atoms with Crippen molar-refractivity contribution < 1.29 is 37.5 Å². The molecule has 6 rings (SSSR count). The Hall–Kier alpha value is -4.54. The molecule has 7 N–H and O–H groups in total. The Balaban J connectivity index is 1.33. The second-order valence-corrected chi connectivity index (χ2v) is 17.2. The molecule has 2 aromatic carbocycles. The van der Waals surface area contributed by atoms with Gasteiger partial charge in [-0.2, -0.15) is 0 Å². The average Bonchev–Trinajstić information content (AvgIpc) is 3.85. The molecule has 4 atom stereocenters. The number of nitrogens with zero attached hydrogens (tertiary/aromatic N) is 2. The SMILES string of the molecule is CC(C)(O)C1=CNNN1[C@H]1C[C@@H](C(=O)NC2(C(=O)C(N)=O)CCS(=O)(=O)C2)N(C(=O)[C@@H](CC2CCCCC2)NC(=O)c2ccc3ccccc3c2)C1. The molecular weight excluding hydrogens is 691 g/mol. The van der Waals surface area contributed by atoms with Crippen LogP contribution < -0.4 is 27.3 Å². The fourth-order valence-corrected chi connectivity index (χ4v) is 9.94. The van der Waals surface area contributed by atoms with Gasteiger partial charge in [-0.15, -0.1) is 5.53 Å². The first-order valence-electron chi connectivity index (χ1n) is 17.8. The van der Waals surface area contributed by atoms with Crippen LogP contribution in [0, 0.1) is 5.92 Å². The molecule has 3 aliphatic heterocycles. The number of carbonyl (C=O) groups is 5. The minimum absolute atomic E-state index is 0.00202. The first-order valence-corrected chi connectivity index (χ1v) is 19.6. The topological polar surface area (TPSA) is 220 Å². The van der Waals surface area contributed by atoms with Crippen LogP contribution >= 0.6 is 0 Å². The van der Waals surface area contributed by atoms with Gasteiger partial charge < -0.3 is 31.8 Å². The number of carbonyl (C=O) groups excluding carboxylic acids is 5. The minimum atomic E-state index is -3.80. The zero-order valence-corrected chi connectivity index (χ0v) is 30.2. The van der Waals surface area contributed by atoms with Gasteiger partial charge in [0.05, 0.1) is 23.2 Å². The van der Waals surface area contributed by atoms with Crippen LogP contribution in [0.3, 0.4) is 0 Å². The van der Waals surface area contributed by atoms with Crippen molar-refractivity contribution in [1.29, 1.82) is 0 Å². The van der Waals surface area contributed by atoms with E-state index >= 15 is 0 Å². The standard InChI is InChI=1S/C36H47N7O8S/c1-35(2,49)29-19-38-41-43(29)26-18-28(33(47)40-36(30(44)31(37)45)14-15-52(50,51)21-36)42(20-26)34(48)27(16-22-8-4-3-5-9-22)39-32(46)25-13-12-23-10-6-7-11-24(23)17-25/h6-7,10-13,17,19,22,26-28,38,41,49H,3-5,8-9,14-16,18,20-21H2,1-2H3,(H2,37,45)(H,39,46)(H,40,47)/t26-,27+,28-,36?/m0/s1. The van der Waals surface area contributed by atoms with E-state index in [0.29, 0.717) is 17.7 Å². The smallest absolute Gasteiger partial charge is 0.287 e. The third kappa shape index (κ3) is 7.78. The molecule has 0 spiro atoms. The number of nitrogens with two attached hydrogens (primary N) is 1. The van der Waals surface area contributed by atoms with Gasteiger partial charge in [0, 0.05) is 24.7 Å². The molecule has 1 unspecified atom stereocenters. The molecule has 3 heterocycles. The zero-order valence-electron chi connectivity index (χ0n) is 29.4. The third-order valence-corrected chi connectivity index (χ3v) is 12.5. The molecule has 280 valence electrons. The van der Waals surface area contributed by atoms with Crippen molar-refractivity contribution in [3.63, 3.8) is 0 Å². The summed E-state index contributed by atoms with van der Waals surface area (Å²) in [4.78, 5) is 69.4. The number of rotatable bonds is 11. The van der Waals surface area contributed by atoms with E-state index < -0.39 is 80.0 Å². The number of nitrogens with one attached hydrogen (secondary N) is 4. The monoisotopic (exact) mass is 737 g/mol. The van der Waals surface area contributed by atoms with Gasteiger partial charge in [0.15, 0.2) is 9.84 Å². The largest absolute Gasteiger partial charge is 0.384 e. The van der Waals surface area contributed by atoms with Crippen molar-refractivity contribution in [2.75, 3.05) is 18.1 Å². The number of primary amides is 1. The van der Waals surface area contributed by atoms with E-state index in [2.05, 4.69) is 21.6 Å². The summed E-state index contributed by atoms with van der Waals surface area (Å²) in [5.41, 5.74) is 8.55. The van der Waals surface area contributed by atoms with E-state index in [9.17, 15) is 37.5 Å². The highest BCUT2D eigenvalue weighted by molar-refractivity contribution is 7.91. The number of hydrogen-bond acceptors (Lipinski definition) is 11. The highest BCUT2D eigenvalue weighted by atomic mass is 32.2. The molecule has 2 aromatic rings. The second kappa shape index (κ2) is 14.5. The van der Waals surface area contributed by atoms with Gasteiger partial charge in [-0.25, -0.2) is 8.42 Å². The van der Waals surface area contributed by atoms with Gasteiger partial charge >= 0.3 is 0 Å². The first-order chi connectivity index (χ1) is 24.6. The van der Waals surface area contributed by atoms with E-state index in [1.54, 1.807) is 37.2 Å². The van der Waals surface area contributed by atoms with Crippen LogP contribution in [0.15, 0.2) is 54.4 Å². The highest BCUT2D eigenvalue weighted by Crippen LogP contribution is 2.33. The second-order valence-electron chi connectivity index (χ2n) is 15.0. The minimum Gasteiger partial charge on any atom is -0.384 e. The van der Waals surface area contributed by atoms with Crippen LogP contribution in [-0.4, -0.2) is 100 Å². The molecule has 1 aliphatic carbocycles. The molecule has 0 aromatic heterocycles. The number of sulfone groups is 1. The Morgan fingerprint density at radius 1 is 1.06 bits per heavy atom. The number of Topliss-reactive ketones (excluding diaryl/α,β-unsaturated/α-hetero) is 1. The van der Waals surface area contributed by atoms with Gasteiger partial charge in [-0.05, 0) is 55.5 Å². The van der Waals surface area contributed by atoms with Crippen LogP contribution in [0.2, 0.25) is 0 Å². The maximum Gasteiger partial charge on any atom is 0.287 e. The third-order valence-electron chi connectivity index (χ3n) is 10.7. The van der Waals surface area contributed by atoms with E-state index in [1.165, 1.54) is 4.90 Å². The van der Waals surface area contributed by atoms with Crippen LogP contribution in [0.1, 0.15) is 75.6 Å². The van der Waals surface area contributed by atoms with E-state index in [4.69, 9.17) is 5.73 Å². The first kappa shape index (κ1) is 37.2. The molecule has 0 bridgehead atoms. The number of likely N-dealkylation sites (tertiary alicyclic amines) is 1. The number of ketones is 1. The normalized spacial score (nSPS) is 25.3. The van der Waals surface area contributed by atoms with Gasteiger partial charge in [0.1, 0.15) is 23.2 Å². The molecule has 2 saturated heterocycles. The fraction of sp³-hybridized carbons (Fsp3) is 0.528. The lowest BCUT2D eigenvalue weighted by Crippen LogP contribution is -2.63. The number of hydrazine groups is 2. The van der Waals surface area contributed by atoms with Crippen molar-refractivity contribution in [3.8, 4) is 0 Å². The van der Waals surface area contributed by atoms with Gasteiger partial charge in [-0.1, -0.05) is 62.4 Å². The van der Waals surface area contributed by atoms with Crippen molar-refractivity contribution in [3.05, 3.63) is 59.9 Å². The van der Waals surface area contributed by atoms with Crippen LogP contribution in [0.25, 0.3) is 10.8 Å². The fourth-order valence-electron chi connectivity index (χ4n) is 8.04. The summed E-state index contributed by atoms with van der Waals surface area (Å²) in [7, 11) is -3.80. The predicted octanol–water partition coefficient (Wildman–Crippen LogP) is 0.543. The lowest BCUT2D eigenvalue weighted by atomic mass is 9.84. The maximum absolute atomic E-state index is 14.8. The molecule has 4 amide bonds. The Kier molecular flexibility index (Phi) is 10.4. The summed E-state index contributed by atoms with van der Waals surface area (Å²) < 4.78 is 25.1. The van der Waals surface area contributed by atoms with Crippen molar-refractivity contribution in [1.82, 2.24) is 31.5 Å². The van der Waals surface area contributed by atoms with Crippen molar-refractivity contribution >= 4 is 50.0 Å². The molecule has 52 heavy (non-hydrogen) atoms. The van der Waals surface area contributed by atoms with Crippen molar-refractivity contribution in [2.45, 2.75) is 94.5 Å². The van der Waals surface area contributed by atoms with E-state index in [1.807, 2.05) is 30.3 Å².